The van der Waals surface area contributed by atoms with Crippen molar-refractivity contribution in [2.45, 2.75) is 43.4 Å². The number of rotatable bonds is 5. The average Bonchev–Trinajstić information content (AvgIpc) is 3.32. The quantitative estimate of drug-likeness (QED) is 0.627. The molecule has 0 aliphatic heterocycles. The monoisotopic (exact) mass is 382 g/mol. The van der Waals surface area contributed by atoms with E-state index in [0.29, 0.717) is 17.9 Å². The van der Waals surface area contributed by atoms with Crippen LogP contribution in [0.1, 0.15) is 31.2 Å². The molecule has 0 unspecified atom stereocenters. The summed E-state index contributed by atoms with van der Waals surface area (Å²) in [7, 11) is -3.45. The normalized spacial score (nSPS) is 34.4. The van der Waals surface area contributed by atoms with E-state index in [9.17, 15) is 13.5 Å². The third-order valence-electron chi connectivity index (χ3n) is 5.69. The SMILES string of the molecule is O=S(=O)(NC1CC1)N[C@H]1[C@@H]2C[C@@](O)(c3cc(Cl)cc4[nH]ncc34)C[C@@H]21. The van der Waals surface area contributed by atoms with Gasteiger partial charge in [0.1, 0.15) is 0 Å². The Bertz CT molecular complexity index is 943. The minimum atomic E-state index is -3.45. The predicted molar refractivity (Wildman–Crippen MR) is 93.2 cm³/mol. The summed E-state index contributed by atoms with van der Waals surface area (Å²) in [5.41, 5.74) is 0.574. The molecule has 2 aromatic rings. The number of nitrogens with one attached hydrogen (secondary N) is 3. The van der Waals surface area contributed by atoms with Gasteiger partial charge in [-0.15, -0.1) is 0 Å². The lowest BCUT2D eigenvalue weighted by Crippen LogP contribution is -2.41. The van der Waals surface area contributed by atoms with E-state index in [2.05, 4.69) is 19.6 Å². The van der Waals surface area contributed by atoms with Crippen LogP contribution >= 0.6 is 11.6 Å². The zero-order valence-electron chi connectivity index (χ0n) is 13.4. The van der Waals surface area contributed by atoms with Crippen molar-refractivity contribution in [3.63, 3.8) is 0 Å². The van der Waals surface area contributed by atoms with Gasteiger partial charge in [-0.3, -0.25) is 5.10 Å². The first kappa shape index (κ1) is 16.0. The van der Waals surface area contributed by atoms with E-state index in [1.165, 1.54) is 0 Å². The maximum absolute atomic E-state index is 12.1. The standard InChI is InChI=1S/C16H19ClN4O3S/c17-8-3-13(12-7-18-19-14(12)4-8)16(22)5-10-11(6-16)15(10)21-25(23,24)20-9-1-2-9/h3-4,7,9-11,15,20-22H,1-2,5-6H2,(H,18,19)/t10-,11+,15+,16+. The van der Waals surface area contributed by atoms with Gasteiger partial charge in [-0.2, -0.15) is 23.0 Å². The van der Waals surface area contributed by atoms with E-state index in [-0.39, 0.29) is 23.9 Å². The molecule has 7 nitrogen and oxygen atoms in total. The second kappa shape index (κ2) is 5.17. The number of halogens is 1. The van der Waals surface area contributed by atoms with Gasteiger partial charge in [0.05, 0.1) is 17.3 Å². The average molecular weight is 383 g/mol. The fraction of sp³-hybridized carbons (Fsp3) is 0.562. The van der Waals surface area contributed by atoms with Crippen LogP contribution in [-0.2, 0) is 15.8 Å². The molecular formula is C16H19ClN4O3S. The van der Waals surface area contributed by atoms with Crippen molar-refractivity contribution in [1.29, 1.82) is 0 Å². The van der Waals surface area contributed by atoms with Gasteiger partial charge in [0.15, 0.2) is 0 Å². The molecule has 1 heterocycles. The molecular weight excluding hydrogens is 364 g/mol. The fourth-order valence-electron chi connectivity index (χ4n) is 4.29. The molecule has 25 heavy (non-hydrogen) atoms. The number of benzene rings is 1. The first-order valence-corrected chi connectivity index (χ1v) is 10.4. The summed E-state index contributed by atoms with van der Waals surface area (Å²) in [6, 6.07) is 3.58. The number of aliphatic hydroxyl groups is 1. The summed E-state index contributed by atoms with van der Waals surface area (Å²) in [6.07, 6.45) is 4.56. The Morgan fingerprint density at radius 3 is 2.64 bits per heavy atom. The summed E-state index contributed by atoms with van der Waals surface area (Å²) in [6.45, 7) is 0. The van der Waals surface area contributed by atoms with Crippen LogP contribution in [0.5, 0.6) is 0 Å². The first-order chi connectivity index (χ1) is 11.8. The lowest BCUT2D eigenvalue weighted by Gasteiger charge is -2.27. The maximum atomic E-state index is 12.1. The lowest BCUT2D eigenvalue weighted by atomic mass is 9.86. The minimum absolute atomic E-state index is 0.0875. The van der Waals surface area contributed by atoms with Crippen LogP contribution in [0.15, 0.2) is 18.3 Å². The van der Waals surface area contributed by atoms with E-state index in [1.807, 2.05) is 0 Å². The molecule has 3 aliphatic rings. The zero-order valence-corrected chi connectivity index (χ0v) is 14.9. The van der Waals surface area contributed by atoms with Crippen molar-refractivity contribution < 1.29 is 13.5 Å². The van der Waals surface area contributed by atoms with Crippen molar-refractivity contribution in [3.8, 4) is 0 Å². The van der Waals surface area contributed by atoms with Crippen LogP contribution < -0.4 is 9.44 Å². The molecule has 0 radical (unpaired) electrons. The Hall–Kier alpha value is -1.19. The van der Waals surface area contributed by atoms with E-state index in [0.717, 1.165) is 29.3 Å². The molecule has 5 rings (SSSR count). The second-order valence-electron chi connectivity index (χ2n) is 7.59. The first-order valence-electron chi connectivity index (χ1n) is 8.50. The lowest BCUT2D eigenvalue weighted by molar-refractivity contribution is 0.0303. The van der Waals surface area contributed by atoms with Crippen LogP contribution in [0, 0.1) is 11.8 Å². The Kier molecular flexibility index (Phi) is 3.31. The highest BCUT2D eigenvalue weighted by molar-refractivity contribution is 7.87. The molecule has 4 atom stereocenters. The topological polar surface area (TPSA) is 107 Å². The third-order valence-corrected chi connectivity index (χ3v) is 7.14. The number of hydrogen-bond acceptors (Lipinski definition) is 4. The van der Waals surface area contributed by atoms with Crippen molar-refractivity contribution in [2.24, 2.45) is 11.8 Å². The van der Waals surface area contributed by atoms with Crippen LogP contribution in [-0.4, -0.2) is 35.8 Å². The van der Waals surface area contributed by atoms with E-state index in [1.54, 1.807) is 18.3 Å². The molecule has 0 amide bonds. The minimum Gasteiger partial charge on any atom is -0.385 e. The van der Waals surface area contributed by atoms with Gasteiger partial charge in [-0.25, -0.2) is 0 Å². The number of aromatic nitrogens is 2. The van der Waals surface area contributed by atoms with Gasteiger partial charge in [-0.05, 0) is 55.2 Å². The van der Waals surface area contributed by atoms with Crippen LogP contribution in [0.25, 0.3) is 10.9 Å². The highest BCUT2D eigenvalue weighted by Gasteiger charge is 2.63. The van der Waals surface area contributed by atoms with Gasteiger partial charge in [-0.1, -0.05) is 11.6 Å². The maximum Gasteiger partial charge on any atom is 0.277 e. The summed E-state index contributed by atoms with van der Waals surface area (Å²) in [4.78, 5) is 0. The van der Waals surface area contributed by atoms with Gasteiger partial charge >= 0.3 is 0 Å². The van der Waals surface area contributed by atoms with Gasteiger partial charge < -0.3 is 5.11 Å². The number of fused-ring (bicyclic) bond motifs is 2. The molecule has 1 aromatic heterocycles. The molecule has 9 heteroatoms. The van der Waals surface area contributed by atoms with Crippen LogP contribution in [0.2, 0.25) is 5.02 Å². The molecule has 1 aromatic carbocycles. The Balaban J connectivity index is 1.34. The summed E-state index contributed by atoms with van der Waals surface area (Å²) in [5, 5.41) is 19.5. The largest absolute Gasteiger partial charge is 0.385 e. The molecule has 3 fully saturated rings. The molecule has 0 saturated heterocycles. The molecule has 0 spiro atoms. The van der Waals surface area contributed by atoms with E-state index >= 15 is 0 Å². The van der Waals surface area contributed by atoms with Crippen LogP contribution in [0.3, 0.4) is 0 Å². The summed E-state index contributed by atoms with van der Waals surface area (Å²) >= 11 is 6.18. The number of nitrogens with zero attached hydrogens (tertiary/aromatic N) is 1. The zero-order chi connectivity index (χ0) is 17.4. The van der Waals surface area contributed by atoms with Crippen LogP contribution in [0.4, 0.5) is 0 Å². The highest BCUT2D eigenvalue weighted by Crippen LogP contribution is 2.60. The molecule has 4 N–H and O–H groups in total. The highest BCUT2D eigenvalue weighted by atomic mass is 35.5. The third kappa shape index (κ3) is 2.76. The summed E-state index contributed by atoms with van der Waals surface area (Å²) in [5.74, 6) is 0.309. The van der Waals surface area contributed by atoms with E-state index < -0.39 is 15.8 Å². The Morgan fingerprint density at radius 2 is 1.96 bits per heavy atom. The number of hydrogen-bond donors (Lipinski definition) is 4. The van der Waals surface area contributed by atoms with E-state index in [4.69, 9.17) is 11.6 Å². The van der Waals surface area contributed by atoms with Crippen molar-refractivity contribution in [1.82, 2.24) is 19.6 Å². The van der Waals surface area contributed by atoms with Crippen molar-refractivity contribution in [2.75, 3.05) is 0 Å². The molecule has 134 valence electrons. The van der Waals surface area contributed by atoms with Gasteiger partial charge in [0, 0.05) is 22.5 Å². The fourth-order valence-corrected chi connectivity index (χ4v) is 5.96. The van der Waals surface area contributed by atoms with Gasteiger partial charge in [0.25, 0.3) is 10.2 Å². The Morgan fingerprint density at radius 1 is 1.24 bits per heavy atom. The summed E-state index contributed by atoms with van der Waals surface area (Å²) < 4.78 is 29.5. The van der Waals surface area contributed by atoms with Gasteiger partial charge in [0.2, 0.25) is 0 Å². The second-order valence-corrected chi connectivity index (χ2v) is 9.51. The molecule has 3 aliphatic carbocycles. The predicted octanol–water partition coefficient (Wildman–Crippen LogP) is 1.40. The molecule has 0 bridgehead atoms. The number of H-pyrrole nitrogens is 1. The smallest absolute Gasteiger partial charge is 0.277 e. The molecule has 3 saturated carbocycles. The Labute approximate surface area is 150 Å². The van der Waals surface area contributed by atoms with Crippen molar-refractivity contribution in [3.05, 3.63) is 28.9 Å². The number of aromatic amines is 1. The van der Waals surface area contributed by atoms with Crippen molar-refractivity contribution >= 4 is 32.7 Å².